The third-order valence-corrected chi connectivity index (χ3v) is 3.60. The van der Waals surface area contributed by atoms with E-state index in [2.05, 4.69) is 15.9 Å². The maximum atomic E-state index is 12.0. The number of H-pyrrole nitrogens is 1. The van der Waals surface area contributed by atoms with Crippen LogP contribution in [-0.2, 0) is 0 Å². The van der Waals surface area contributed by atoms with E-state index in [0.717, 1.165) is 0 Å². The Morgan fingerprint density at radius 1 is 1.22 bits per heavy atom. The van der Waals surface area contributed by atoms with Crippen molar-refractivity contribution in [2.75, 3.05) is 12.8 Å². The van der Waals surface area contributed by atoms with Crippen LogP contribution in [-0.4, -0.2) is 34.2 Å². The molecule has 0 atom stereocenters. The number of carboxylic acid groups (broad SMARTS) is 2. The number of carbonyl (C=O) groups is 2. The first-order valence-electron chi connectivity index (χ1n) is 6.14. The lowest BCUT2D eigenvalue weighted by Gasteiger charge is -2.15. The van der Waals surface area contributed by atoms with E-state index in [-0.39, 0.29) is 16.9 Å². The van der Waals surface area contributed by atoms with Crippen LogP contribution < -0.4 is 16.0 Å². The summed E-state index contributed by atoms with van der Waals surface area (Å²) in [6.07, 6.45) is 0. The topological polar surface area (TPSA) is 143 Å². The van der Waals surface area contributed by atoms with Gasteiger partial charge < -0.3 is 25.7 Å². The molecular weight excluding hydrogens is 372 g/mol. The van der Waals surface area contributed by atoms with Crippen molar-refractivity contribution in [3.8, 4) is 16.9 Å². The Labute approximate surface area is 137 Å². The fraction of sp³-hybridized carbons (Fsp3) is 0.0714. The van der Waals surface area contributed by atoms with Crippen LogP contribution in [0, 0.1) is 0 Å². The van der Waals surface area contributed by atoms with Gasteiger partial charge >= 0.3 is 11.9 Å². The minimum absolute atomic E-state index is 0.120. The van der Waals surface area contributed by atoms with Gasteiger partial charge in [0, 0.05) is 15.6 Å². The summed E-state index contributed by atoms with van der Waals surface area (Å²) in [7, 11) is 1.34. The third kappa shape index (κ3) is 2.90. The Morgan fingerprint density at radius 3 is 2.35 bits per heavy atom. The molecule has 0 bridgehead atoms. The molecule has 0 amide bonds. The van der Waals surface area contributed by atoms with Crippen LogP contribution >= 0.6 is 15.9 Å². The summed E-state index contributed by atoms with van der Waals surface area (Å²) in [6.45, 7) is 0. The molecule has 1 heterocycles. The molecule has 0 fully saturated rings. The molecule has 23 heavy (non-hydrogen) atoms. The second-order valence-corrected chi connectivity index (χ2v) is 5.36. The van der Waals surface area contributed by atoms with Crippen molar-refractivity contribution in [2.24, 2.45) is 0 Å². The first kappa shape index (κ1) is 16.6. The van der Waals surface area contributed by atoms with Gasteiger partial charge in [-0.25, -0.2) is 9.59 Å². The van der Waals surface area contributed by atoms with Crippen molar-refractivity contribution in [1.29, 1.82) is 0 Å². The number of methoxy groups -OCH3 is 1. The second kappa shape index (κ2) is 6.13. The average Bonchev–Trinajstić information content (AvgIpc) is 2.45. The summed E-state index contributed by atoms with van der Waals surface area (Å²) in [5.41, 5.74) is 3.13. The molecular formula is C14H11BrN2O6. The second-order valence-electron chi connectivity index (χ2n) is 4.45. The van der Waals surface area contributed by atoms with Gasteiger partial charge in [0.25, 0.3) is 5.56 Å². The fourth-order valence-corrected chi connectivity index (χ4v) is 2.55. The van der Waals surface area contributed by atoms with E-state index in [1.807, 2.05) is 4.98 Å². The van der Waals surface area contributed by atoms with Crippen LogP contribution in [0.5, 0.6) is 5.75 Å². The van der Waals surface area contributed by atoms with Crippen LogP contribution in [0.25, 0.3) is 11.1 Å². The van der Waals surface area contributed by atoms with Gasteiger partial charge in [0.1, 0.15) is 22.7 Å². The number of aromatic amines is 1. The number of anilines is 1. The van der Waals surface area contributed by atoms with Gasteiger partial charge in [-0.05, 0) is 18.2 Å². The lowest BCUT2D eigenvalue weighted by atomic mass is 9.95. The van der Waals surface area contributed by atoms with E-state index < -0.39 is 34.4 Å². The first-order chi connectivity index (χ1) is 10.8. The zero-order valence-corrected chi connectivity index (χ0v) is 13.3. The number of aromatic nitrogens is 1. The maximum absolute atomic E-state index is 12.0. The Kier molecular flexibility index (Phi) is 4.41. The number of carboxylic acids is 2. The van der Waals surface area contributed by atoms with E-state index in [4.69, 9.17) is 10.5 Å². The first-order valence-corrected chi connectivity index (χ1v) is 6.93. The SMILES string of the molecule is COc1ccc(Br)cc1-c1c(C(=O)O)c(N)[nH]c(=O)c1C(=O)O. The molecule has 2 aromatic rings. The van der Waals surface area contributed by atoms with Crippen LogP contribution in [0.3, 0.4) is 0 Å². The summed E-state index contributed by atoms with van der Waals surface area (Å²) in [4.78, 5) is 37.0. The van der Waals surface area contributed by atoms with Gasteiger partial charge in [-0.1, -0.05) is 15.9 Å². The predicted octanol–water partition coefficient (Wildman–Crippen LogP) is 1.79. The van der Waals surface area contributed by atoms with E-state index in [0.29, 0.717) is 4.47 Å². The molecule has 120 valence electrons. The normalized spacial score (nSPS) is 10.3. The number of aromatic carboxylic acids is 2. The quantitative estimate of drug-likeness (QED) is 0.630. The highest BCUT2D eigenvalue weighted by atomic mass is 79.9. The number of ether oxygens (including phenoxy) is 1. The summed E-state index contributed by atoms with van der Waals surface area (Å²) in [5.74, 6) is -3.29. The minimum atomic E-state index is -1.58. The maximum Gasteiger partial charge on any atom is 0.342 e. The molecule has 1 aromatic carbocycles. The molecule has 0 saturated carbocycles. The van der Waals surface area contributed by atoms with E-state index >= 15 is 0 Å². The minimum Gasteiger partial charge on any atom is -0.496 e. The highest BCUT2D eigenvalue weighted by Gasteiger charge is 2.28. The Morgan fingerprint density at radius 2 is 1.83 bits per heavy atom. The Bertz CT molecular complexity index is 874. The molecule has 0 saturated heterocycles. The fourth-order valence-electron chi connectivity index (χ4n) is 2.19. The van der Waals surface area contributed by atoms with E-state index in [9.17, 15) is 24.6 Å². The van der Waals surface area contributed by atoms with Crippen LogP contribution in [0.2, 0.25) is 0 Å². The molecule has 5 N–H and O–H groups in total. The lowest BCUT2D eigenvalue weighted by molar-refractivity contribution is 0.0695. The van der Waals surface area contributed by atoms with Gasteiger partial charge in [0.05, 0.1) is 7.11 Å². The molecule has 0 aliphatic heterocycles. The number of rotatable bonds is 4. The van der Waals surface area contributed by atoms with Crippen LogP contribution in [0.4, 0.5) is 5.82 Å². The zero-order chi connectivity index (χ0) is 17.3. The van der Waals surface area contributed by atoms with Gasteiger partial charge in [-0.15, -0.1) is 0 Å². The third-order valence-electron chi connectivity index (χ3n) is 3.10. The number of pyridine rings is 1. The summed E-state index contributed by atoms with van der Waals surface area (Å²) in [6, 6.07) is 4.58. The number of hydrogen-bond acceptors (Lipinski definition) is 5. The molecule has 0 aliphatic rings. The number of benzene rings is 1. The van der Waals surface area contributed by atoms with E-state index in [1.54, 1.807) is 6.07 Å². The summed E-state index contributed by atoms with van der Waals surface area (Å²) in [5, 5.41) is 18.7. The number of halogens is 1. The van der Waals surface area contributed by atoms with Crippen molar-refractivity contribution in [1.82, 2.24) is 4.98 Å². The standard InChI is InChI=1S/C14H11BrN2O6/c1-23-7-3-2-5(15)4-6(7)8-9(13(19)20)11(16)17-12(18)10(8)14(21)22/h2-4H,1H3,(H,19,20)(H,21,22)(H3,16,17,18). The van der Waals surface area contributed by atoms with Gasteiger partial charge in [0.15, 0.2) is 0 Å². The molecule has 1 aromatic heterocycles. The largest absolute Gasteiger partial charge is 0.496 e. The van der Waals surface area contributed by atoms with Crippen molar-refractivity contribution >= 4 is 33.7 Å². The van der Waals surface area contributed by atoms with Gasteiger partial charge in [-0.3, -0.25) is 4.79 Å². The number of nitrogen functional groups attached to an aromatic ring is 1. The van der Waals surface area contributed by atoms with Crippen molar-refractivity contribution < 1.29 is 24.5 Å². The summed E-state index contributed by atoms with van der Waals surface area (Å²) >= 11 is 3.22. The molecule has 0 aliphatic carbocycles. The molecule has 2 rings (SSSR count). The van der Waals surface area contributed by atoms with Crippen LogP contribution in [0.1, 0.15) is 20.7 Å². The highest BCUT2D eigenvalue weighted by Crippen LogP contribution is 2.37. The number of nitrogens with two attached hydrogens (primary N) is 1. The predicted molar refractivity (Wildman–Crippen MR) is 85.1 cm³/mol. The smallest absolute Gasteiger partial charge is 0.342 e. The van der Waals surface area contributed by atoms with Crippen molar-refractivity contribution in [2.45, 2.75) is 0 Å². The van der Waals surface area contributed by atoms with Crippen LogP contribution in [0.15, 0.2) is 27.5 Å². The molecule has 0 spiro atoms. The van der Waals surface area contributed by atoms with Crippen molar-refractivity contribution in [3.05, 3.63) is 44.2 Å². The summed E-state index contributed by atoms with van der Waals surface area (Å²) < 4.78 is 5.69. The molecule has 8 nitrogen and oxygen atoms in total. The zero-order valence-electron chi connectivity index (χ0n) is 11.7. The van der Waals surface area contributed by atoms with Gasteiger partial charge in [-0.2, -0.15) is 0 Å². The van der Waals surface area contributed by atoms with E-state index in [1.165, 1.54) is 19.2 Å². The Balaban J connectivity index is 3.06. The molecule has 0 radical (unpaired) electrons. The van der Waals surface area contributed by atoms with Crippen molar-refractivity contribution in [3.63, 3.8) is 0 Å². The number of hydrogen-bond donors (Lipinski definition) is 4. The number of nitrogens with one attached hydrogen (secondary N) is 1. The molecule has 9 heteroatoms. The lowest BCUT2D eigenvalue weighted by Crippen LogP contribution is -2.24. The highest BCUT2D eigenvalue weighted by molar-refractivity contribution is 9.10. The van der Waals surface area contributed by atoms with Gasteiger partial charge in [0.2, 0.25) is 0 Å². The Hall–Kier alpha value is -2.81. The average molecular weight is 383 g/mol. The monoisotopic (exact) mass is 382 g/mol. The molecule has 0 unspecified atom stereocenters.